The third-order valence-corrected chi connectivity index (χ3v) is 2.13. The van der Waals surface area contributed by atoms with Crippen LogP contribution in [0.5, 0.6) is 0 Å². The fourth-order valence-corrected chi connectivity index (χ4v) is 1.21. The minimum atomic E-state index is -0.299. The Morgan fingerprint density at radius 3 is 2.53 bits per heavy atom. The maximum absolute atomic E-state index is 11.5. The summed E-state index contributed by atoms with van der Waals surface area (Å²) in [6.07, 6.45) is 4.77. The van der Waals surface area contributed by atoms with Crippen LogP contribution in [0.2, 0.25) is 0 Å². The second-order valence-corrected chi connectivity index (χ2v) is 3.55. The number of nitrogens with zero attached hydrogens (tertiary/aromatic N) is 2. The zero-order valence-corrected chi connectivity index (χ0v) is 11.5. The number of rotatable bonds is 7. The van der Waals surface area contributed by atoms with Crippen LogP contribution in [0.1, 0.15) is 16.9 Å². The van der Waals surface area contributed by atoms with Crippen LogP contribution in [0, 0.1) is 0 Å². The first kappa shape index (κ1) is 17.3. The highest BCUT2D eigenvalue weighted by molar-refractivity contribution is 5.91. The predicted molar refractivity (Wildman–Crippen MR) is 73.2 cm³/mol. The monoisotopic (exact) mass is 287 g/mol. The van der Waals surface area contributed by atoms with Gasteiger partial charge in [0.05, 0.1) is 6.20 Å². The van der Waals surface area contributed by atoms with Gasteiger partial charge in [-0.25, -0.2) is 4.98 Å². The summed E-state index contributed by atoms with van der Waals surface area (Å²) in [4.78, 5) is 30.4. The third kappa shape index (κ3) is 7.32. The molecule has 0 radical (unpaired) electrons. The molecule has 0 aromatic carbocycles. The van der Waals surface area contributed by atoms with Crippen molar-refractivity contribution in [2.75, 3.05) is 26.7 Å². The number of aromatic nitrogens is 2. The minimum Gasteiger partial charge on any atom is -0.354 e. The van der Waals surface area contributed by atoms with Crippen LogP contribution in [-0.4, -0.2) is 48.5 Å². The summed E-state index contributed by atoms with van der Waals surface area (Å²) in [7, 11) is 1.79. The molecule has 0 unspecified atom stereocenters. The van der Waals surface area contributed by atoms with Gasteiger partial charge in [0, 0.05) is 38.4 Å². The van der Waals surface area contributed by atoms with Gasteiger partial charge in [-0.2, -0.15) is 0 Å². The number of hydrogen-bond acceptors (Lipinski definition) is 5. The molecule has 0 fully saturated rings. The molecule has 0 aliphatic heterocycles. The normalized spacial score (nSPS) is 9.32. The molecular weight excluding hydrogens is 270 g/mol. The molecule has 7 nitrogen and oxygen atoms in total. The number of amides is 2. The fourth-order valence-electron chi connectivity index (χ4n) is 1.21. The second kappa shape index (κ2) is 10.2. The molecule has 19 heavy (non-hydrogen) atoms. The van der Waals surface area contributed by atoms with E-state index in [0.717, 1.165) is 0 Å². The highest BCUT2D eigenvalue weighted by atomic mass is 35.5. The number of hydrogen-bond donors (Lipinski definition) is 3. The lowest BCUT2D eigenvalue weighted by Crippen LogP contribution is -2.35. The van der Waals surface area contributed by atoms with E-state index >= 15 is 0 Å². The first-order chi connectivity index (χ1) is 8.74. The van der Waals surface area contributed by atoms with E-state index in [-0.39, 0.29) is 29.9 Å². The van der Waals surface area contributed by atoms with Gasteiger partial charge in [0.2, 0.25) is 5.91 Å². The van der Waals surface area contributed by atoms with Crippen molar-refractivity contribution in [2.45, 2.75) is 6.42 Å². The van der Waals surface area contributed by atoms with Crippen molar-refractivity contribution in [1.29, 1.82) is 0 Å². The second-order valence-electron chi connectivity index (χ2n) is 3.55. The predicted octanol–water partition coefficient (Wildman–Crippen LogP) is -0.646. The Labute approximate surface area is 118 Å². The van der Waals surface area contributed by atoms with E-state index in [4.69, 9.17) is 0 Å². The molecule has 8 heteroatoms. The molecule has 2 amide bonds. The Kier molecular flexibility index (Phi) is 9.29. The van der Waals surface area contributed by atoms with Gasteiger partial charge >= 0.3 is 0 Å². The zero-order chi connectivity index (χ0) is 13.2. The Morgan fingerprint density at radius 2 is 1.89 bits per heavy atom. The SMILES string of the molecule is CNCCC(=O)NCCNC(=O)c1cnccn1.Cl. The van der Waals surface area contributed by atoms with E-state index in [2.05, 4.69) is 25.9 Å². The highest BCUT2D eigenvalue weighted by Gasteiger charge is 2.05. The molecule has 1 heterocycles. The Bertz CT molecular complexity index is 388. The van der Waals surface area contributed by atoms with Crippen molar-refractivity contribution in [3.63, 3.8) is 0 Å². The summed E-state index contributed by atoms with van der Waals surface area (Å²) in [6.45, 7) is 1.40. The van der Waals surface area contributed by atoms with Gasteiger partial charge in [0.25, 0.3) is 5.91 Å². The largest absolute Gasteiger partial charge is 0.354 e. The van der Waals surface area contributed by atoms with E-state index in [9.17, 15) is 9.59 Å². The number of carbonyl (C=O) groups excluding carboxylic acids is 2. The maximum Gasteiger partial charge on any atom is 0.271 e. The minimum absolute atomic E-state index is 0. The fraction of sp³-hybridized carbons (Fsp3) is 0.455. The zero-order valence-electron chi connectivity index (χ0n) is 10.7. The molecule has 0 aliphatic rings. The third-order valence-electron chi connectivity index (χ3n) is 2.13. The average Bonchev–Trinajstić information content (AvgIpc) is 2.42. The van der Waals surface area contributed by atoms with Gasteiger partial charge in [0.15, 0.2) is 0 Å². The summed E-state index contributed by atoms with van der Waals surface area (Å²) < 4.78 is 0. The van der Waals surface area contributed by atoms with Gasteiger partial charge < -0.3 is 16.0 Å². The lowest BCUT2D eigenvalue weighted by atomic mass is 10.4. The summed E-state index contributed by atoms with van der Waals surface area (Å²) in [5, 5.41) is 8.22. The van der Waals surface area contributed by atoms with Crippen molar-refractivity contribution in [2.24, 2.45) is 0 Å². The van der Waals surface area contributed by atoms with Gasteiger partial charge in [-0.15, -0.1) is 12.4 Å². The topological polar surface area (TPSA) is 96.0 Å². The van der Waals surface area contributed by atoms with Gasteiger partial charge in [-0.1, -0.05) is 0 Å². The van der Waals surface area contributed by atoms with Gasteiger partial charge in [-0.3, -0.25) is 14.6 Å². The standard InChI is InChI=1S/C11H17N5O2.ClH/c1-12-3-2-10(17)15-6-7-16-11(18)9-8-13-4-5-14-9;/h4-5,8,12H,2-3,6-7H2,1H3,(H,15,17)(H,16,18);1H. The van der Waals surface area contributed by atoms with Crippen LogP contribution < -0.4 is 16.0 Å². The first-order valence-electron chi connectivity index (χ1n) is 5.69. The summed E-state index contributed by atoms with van der Waals surface area (Å²) in [5.74, 6) is -0.342. The molecular formula is C11H18ClN5O2. The Morgan fingerprint density at radius 1 is 1.16 bits per heavy atom. The number of nitrogens with one attached hydrogen (secondary N) is 3. The van der Waals surface area contributed by atoms with Crippen molar-refractivity contribution in [1.82, 2.24) is 25.9 Å². The van der Waals surface area contributed by atoms with Crippen LogP contribution in [-0.2, 0) is 4.79 Å². The van der Waals surface area contributed by atoms with Gasteiger partial charge in [-0.05, 0) is 7.05 Å². The Balaban J connectivity index is 0.00000324. The molecule has 0 spiro atoms. The smallest absolute Gasteiger partial charge is 0.271 e. The number of carbonyl (C=O) groups is 2. The van der Waals surface area contributed by atoms with Crippen LogP contribution in [0.4, 0.5) is 0 Å². The van der Waals surface area contributed by atoms with Crippen molar-refractivity contribution >= 4 is 24.2 Å². The molecule has 3 N–H and O–H groups in total. The molecule has 0 saturated heterocycles. The van der Waals surface area contributed by atoms with Crippen LogP contribution >= 0.6 is 12.4 Å². The lowest BCUT2D eigenvalue weighted by molar-refractivity contribution is -0.120. The van der Waals surface area contributed by atoms with Crippen LogP contribution in [0.3, 0.4) is 0 Å². The quantitative estimate of drug-likeness (QED) is 0.580. The molecule has 1 aromatic rings. The van der Waals surface area contributed by atoms with Gasteiger partial charge in [0.1, 0.15) is 5.69 Å². The Hall–Kier alpha value is -1.73. The van der Waals surface area contributed by atoms with Crippen LogP contribution in [0.15, 0.2) is 18.6 Å². The first-order valence-corrected chi connectivity index (χ1v) is 5.69. The van der Waals surface area contributed by atoms with Crippen molar-refractivity contribution < 1.29 is 9.59 Å². The summed E-state index contributed by atoms with van der Waals surface area (Å²) >= 11 is 0. The molecule has 106 valence electrons. The maximum atomic E-state index is 11.5. The van der Waals surface area contributed by atoms with Crippen molar-refractivity contribution in [3.8, 4) is 0 Å². The van der Waals surface area contributed by atoms with E-state index in [1.165, 1.54) is 18.6 Å². The summed E-state index contributed by atoms with van der Waals surface area (Å²) in [5.41, 5.74) is 0.263. The molecule has 0 saturated carbocycles. The van der Waals surface area contributed by atoms with E-state index in [0.29, 0.717) is 26.1 Å². The molecule has 0 aliphatic carbocycles. The molecule has 0 bridgehead atoms. The molecule has 1 aromatic heterocycles. The summed E-state index contributed by atoms with van der Waals surface area (Å²) in [6, 6.07) is 0. The van der Waals surface area contributed by atoms with Crippen LogP contribution in [0.25, 0.3) is 0 Å². The molecule has 0 atom stereocenters. The average molecular weight is 288 g/mol. The lowest BCUT2D eigenvalue weighted by Gasteiger charge is -2.06. The number of halogens is 1. The molecule has 1 rings (SSSR count). The van der Waals surface area contributed by atoms with E-state index in [1.807, 2.05) is 0 Å². The van der Waals surface area contributed by atoms with E-state index < -0.39 is 0 Å². The highest BCUT2D eigenvalue weighted by Crippen LogP contribution is 1.88. The van der Waals surface area contributed by atoms with E-state index in [1.54, 1.807) is 7.05 Å². The van der Waals surface area contributed by atoms with Crippen molar-refractivity contribution in [3.05, 3.63) is 24.3 Å².